The van der Waals surface area contributed by atoms with Crippen LogP contribution in [0.2, 0.25) is 0 Å². The van der Waals surface area contributed by atoms with Crippen LogP contribution in [0.1, 0.15) is 30.7 Å². The third kappa shape index (κ3) is 3.88. The average molecular weight is 325 g/mol. The molecule has 0 radical (unpaired) electrons. The summed E-state index contributed by atoms with van der Waals surface area (Å²) in [6.45, 7) is 0. The van der Waals surface area contributed by atoms with Gasteiger partial charge in [-0.3, -0.25) is 4.79 Å². The summed E-state index contributed by atoms with van der Waals surface area (Å²) < 4.78 is 10.6. The van der Waals surface area contributed by atoms with Gasteiger partial charge in [-0.25, -0.2) is 0 Å². The van der Waals surface area contributed by atoms with Crippen LogP contribution in [-0.4, -0.2) is 20.1 Å². The summed E-state index contributed by atoms with van der Waals surface area (Å²) in [5, 5.41) is 2.98. The van der Waals surface area contributed by atoms with Crippen LogP contribution in [0.5, 0.6) is 11.5 Å². The molecule has 1 aliphatic carbocycles. The Kier molecular flexibility index (Phi) is 5.04. The molecule has 0 bridgehead atoms. The van der Waals surface area contributed by atoms with Crippen molar-refractivity contribution in [3.05, 3.63) is 54.1 Å². The topological polar surface area (TPSA) is 47.6 Å². The Morgan fingerprint density at radius 2 is 1.88 bits per heavy atom. The van der Waals surface area contributed by atoms with E-state index in [0.717, 1.165) is 0 Å². The molecule has 1 amide bonds. The van der Waals surface area contributed by atoms with E-state index in [1.807, 2.05) is 24.3 Å². The van der Waals surface area contributed by atoms with Crippen molar-refractivity contribution >= 4 is 11.6 Å². The molecule has 4 nitrogen and oxygen atoms in total. The first-order valence-electron chi connectivity index (χ1n) is 8.28. The van der Waals surface area contributed by atoms with Crippen molar-refractivity contribution in [2.24, 2.45) is 5.92 Å². The summed E-state index contributed by atoms with van der Waals surface area (Å²) in [6, 6.07) is 15.7. The Morgan fingerprint density at radius 1 is 1.12 bits per heavy atom. The van der Waals surface area contributed by atoms with Crippen molar-refractivity contribution < 1.29 is 14.3 Å². The van der Waals surface area contributed by atoms with Crippen LogP contribution in [0.25, 0.3) is 0 Å². The van der Waals surface area contributed by atoms with Crippen LogP contribution in [-0.2, 0) is 4.79 Å². The number of hydrogen-bond donors (Lipinski definition) is 1. The summed E-state index contributed by atoms with van der Waals surface area (Å²) in [4.78, 5) is 12.6. The summed E-state index contributed by atoms with van der Waals surface area (Å²) >= 11 is 0. The number of methoxy groups -OCH3 is 2. The Labute approximate surface area is 142 Å². The van der Waals surface area contributed by atoms with Gasteiger partial charge in [0.25, 0.3) is 0 Å². The molecule has 2 aromatic carbocycles. The minimum Gasteiger partial charge on any atom is -0.497 e. The van der Waals surface area contributed by atoms with E-state index in [9.17, 15) is 4.79 Å². The van der Waals surface area contributed by atoms with Gasteiger partial charge in [-0.05, 0) is 42.4 Å². The molecule has 4 heteroatoms. The summed E-state index contributed by atoms with van der Waals surface area (Å²) in [7, 11) is 3.19. The van der Waals surface area contributed by atoms with E-state index in [1.165, 1.54) is 18.4 Å². The fourth-order valence-corrected chi connectivity index (χ4v) is 3.07. The van der Waals surface area contributed by atoms with Crippen molar-refractivity contribution in [3.8, 4) is 11.5 Å². The van der Waals surface area contributed by atoms with Crippen LogP contribution < -0.4 is 14.8 Å². The van der Waals surface area contributed by atoms with Crippen LogP contribution in [0, 0.1) is 5.92 Å². The van der Waals surface area contributed by atoms with Crippen LogP contribution in [0.3, 0.4) is 0 Å². The van der Waals surface area contributed by atoms with Crippen molar-refractivity contribution in [3.63, 3.8) is 0 Å². The van der Waals surface area contributed by atoms with E-state index in [0.29, 0.717) is 29.5 Å². The molecule has 0 aliphatic heterocycles. The second-order valence-electron chi connectivity index (χ2n) is 6.17. The maximum atomic E-state index is 12.6. The summed E-state index contributed by atoms with van der Waals surface area (Å²) in [6.07, 6.45) is 2.89. The predicted molar refractivity (Wildman–Crippen MR) is 94.7 cm³/mol. The second-order valence-corrected chi connectivity index (χ2v) is 6.17. The van der Waals surface area contributed by atoms with Crippen molar-refractivity contribution in [2.75, 3.05) is 19.5 Å². The van der Waals surface area contributed by atoms with E-state index in [2.05, 4.69) is 17.4 Å². The molecule has 0 spiro atoms. The highest BCUT2D eigenvalue weighted by Gasteiger charge is 2.33. The molecule has 0 saturated heterocycles. The number of ether oxygens (including phenoxy) is 2. The first-order chi connectivity index (χ1) is 11.7. The van der Waals surface area contributed by atoms with E-state index in [-0.39, 0.29) is 11.8 Å². The lowest BCUT2D eigenvalue weighted by atomic mass is 9.91. The Balaban J connectivity index is 1.73. The second kappa shape index (κ2) is 7.39. The number of carbonyl (C=O) groups is 1. The van der Waals surface area contributed by atoms with Crippen LogP contribution >= 0.6 is 0 Å². The Morgan fingerprint density at radius 3 is 2.50 bits per heavy atom. The summed E-state index contributed by atoms with van der Waals surface area (Å²) in [5.74, 6) is 2.22. The van der Waals surface area contributed by atoms with Crippen LogP contribution in [0.4, 0.5) is 5.69 Å². The smallest absolute Gasteiger partial charge is 0.225 e. The van der Waals surface area contributed by atoms with Gasteiger partial charge < -0.3 is 14.8 Å². The number of carbonyl (C=O) groups excluding carboxylic acids is 1. The van der Waals surface area contributed by atoms with Gasteiger partial charge in [0.1, 0.15) is 11.5 Å². The zero-order valence-electron chi connectivity index (χ0n) is 14.1. The standard InChI is InChI=1S/C20H23NO3/c1-23-16-10-11-19(24-2)18(12-16)21-20(22)13-17(15-8-9-15)14-6-4-3-5-7-14/h3-7,10-12,15,17H,8-9,13H2,1-2H3,(H,21,22). The van der Waals surface area contributed by atoms with Crippen molar-refractivity contribution in [1.82, 2.24) is 0 Å². The first kappa shape index (κ1) is 16.4. The highest BCUT2D eigenvalue weighted by atomic mass is 16.5. The molecule has 0 heterocycles. The van der Waals surface area contributed by atoms with E-state index in [4.69, 9.17) is 9.47 Å². The fourth-order valence-electron chi connectivity index (χ4n) is 3.07. The zero-order chi connectivity index (χ0) is 16.9. The molecule has 0 aromatic heterocycles. The van der Waals surface area contributed by atoms with Gasteiger partial charge in [-0.2, -0.15) is 0 Å². The number of amides is 1. The largest absolute Gasteiger partial charge is 0.497 e. The molecule has 1 atom stereocenters. The molecule has 126 valence electrons. The highest BCUT2D eigenvalue weighted by Crippen LogP contribution is 2.44. The van der Waals surface area contributed by atoms with Crippen molar-refractivity contribution in [1.29, 1.82) is 0 Å². The van der Waals surface area contributed by atoms with Gasteiger partial charge >= 0.3 is 0 Å². The van der Waals surface area contributed by atoms with E-state index in [1.54, 1.807) is 26.4 Å². The van der Waals surface area contributed by atoms with Gasteiger partial charge in [-0.15, -0.1) is 0 Å². The van der Waals surface area contributed by atoms with Gasteiger partial charge in [0.05, 0.1) is 19.9 Å². The van der Waals surface area contributed by atoms with Gasteiger partial charge in [0.2, 0.25) is 5.91 Å². The summed E-state index contributed by atoms with van der Waals surface area (Å²) in [5.41, 5.74) is 1.89. The molecule has 2 aromatic rings. The molecule has 1 saturated carbocycles. The molecule has 1 aliphatic rings. The first-order valence-corrected chi connectivity index (χ1v) is 8.28. The van der Waals surface area contributed by atoms with Gasteiger partial charge in [0.15, 0.2) is 0 Å². The lowest BCUT2D eigenvalue weighted by Crippen LogP contribution is -2.17. The van der Waals surface area contributed by atoms with Crippen molar-refractivity contribution in [2.45, 2.75) is 25.2 Å². The third-order valence-electron chi connectivity index (χ3n) is 4.50. The maximum Gasteiger partial charge on any atom is 0.225 e. The number of benzene rings is 2. The maximum absolute atomic E-state index is 12.6. The zero-order valence-corrected chi connectivity index (χ0v) is 14.1. The average Bonchev–Trinajstić information content (AvgIpc) is 3.45. The Hall–Kier alpha value is -2.49. The minimum atomic E-state index is 0.00214. The highest BCUT2D eigenvalue weighted by molar-refractivity contribution is 5.93. The van der Waals surface area contributed by atoms with Gasteiger partial charge in [-0.1, -0.05) is 30.3 Å². The molecular formula is C20H23NO3. The lowest BCUT2D eigenvalue weighted by molar-refractivity contribution is -0.116. The fraction of sp³-hybridized carbons (Fsp3) is 0.350. The number of hydrogen-bond acceptors (Lipinski definition) is 3. The SMILES string of the molecule is COc1ccc(OC)c(NC(=O)CC(c2ccccc2)C2CC2)c1. The van der Waals surface area contributed by atoms with E-state index < -0.39 is 0 Å². The lowest BCUT2D eigenvalue weighted by Gasteiger charge is -2.17. The van der Waals surface area contributed by atoms with Crippen LogP contribution in [0.15, 0.2) is 48.5 Å². The minimum absolute atomic E-state index is 0.00214. The quantitative estimate of drug-likeness (QED) is 0.829. The molecule has 1 fully saturated rings. The number of nitrogens with one attached hydrogen (secondary N) is 1. The van der Waals surface area contributed by atoms with E-state index >= 15 is 0 Å². The Bertz CT molecular complexity index is 695. The normalized spacial score (nSPS) is 14.8. The monoisotopic (exact) mass is 325 g/mol. The van der Waals surface area contributed by atoms with Gasteiger partial charge in [0, 0.05) is 12.5 Å². The molecule has 3 rings (SSSR count). The molecule has 1 unspecified atom stereocenters. The molecule has 1 N–H and O–H groups in total. The predicted octanol–water partition coefficient (Wildman–Crippen LogP) is 4.23. The third-order valence-corrected chi connectivity index (χ3v) is 4.50. The number of anilines is 1. The molecular weight excluding hydrogens is 302 g/mol. The molecule has 24 heavy (non-hydrogen) atoms. The number of rotatable bonds is 7.